The van der Waals surface area contributed by atoms with E-state index in [1.54, 1.807) is 4.31 Å². The maximum atomic E-state index is 11.9. The summed E-state index contributed by atoms with van der Waals surface area (Å²) in [7, 11) is -3.08. The van der Waals surface area contributed by atoms with Gasteiger partial charge in [0, 0.05) is 17.9 Å². The van der Waals surface area contributed by atoms with Crippen LogP contribution in [0.1, 0.15) is 27.7 Å². The number of rotatable bonds is 6. The fourth-order valence-corrected chi connectivity index (χ4v) is 3.98. The van der Waals surface area contributed by atoms with E-state index in [4.69, 9.17) is 0 Å². The number of nitrogens with zero attached hydrogens (tertiary/aromatic N) is 1. The average Bonchev–Trinajstić information content (AvgIpc) is 1.96. The summed E-state index contributed by atoms with van der Waals surface area (Å²) in [6.45, 7) is 8.20. The van der Waals surface area contributed by atoms with Crippen LogP contribution in [0.25, 0.3) is 0 Å². The van der Waals surface area contributed by atoms with Gasteiger partial charge in [-0.05, 0) is 19.8 Å². The lowest BCUT2D eigenvalue weighted by molar-refractivity contribution is 0.369. The highest BCUT2D eigenvalue weighted by Gasteiger charge is 2.24. The molecule has 0 aromatic carbocycles. The summed E-state index contributed by atoms with van der Waals surface area (Å²) in [6.07, 6.45) is 0. The van der Waals surface area contributed by atoms with Gasteiger partial charge in [0.2, 0.25) is 10.0 Å². The Labute approximate surface area is 96.0 Å². The molecule has 0 atom stereocenters. The second kappa shape index (κ2) is 6.08. The van der Waals surface area contributed by atoms with Crippen LogP contribution in [-0.4, -0.2) is 36.4 Å². The quantitative estimate of drug-likeness (QED) is 0.701. The molecule has 5 heteroatoms. The van der Waals surface area contributed by atoms with Gasteiger partial charge in [0.1, 0.15) is 0 Å². The van der Waals surface area contributed by atoms with Gasteiger partial charge in [-0.3, -0.25) is 0 Å². The molecule has 0 bridgehead atoms. The largest absolute Gasteiger partial charge is 0.214 e. The van der Waals surface area contributed by atoms with E-state index in [0.717, 1.165) is 0 Å². The summed E-state index contributed by atoms with van der Waals surface area (Å²) >= 11 is 3.27. The van der Waals surface area contributed by atoms with Crippen LogP contribution in [0.15, 0.2) is 0 Å². The third-order valence-electron chi connectivity index (χ3n) is 1.78. The van der Waals surface area contributed by atoms with Crippen molar-refractivity contribution < 1.29 is 8.42 Å². The van der Waals surface area contributed by atoms with Crippen LogP contribution >= 0.6 is 15.9 Å². The molecule has 0 spiro atoms. The molecule has 0 saturated carbocycles. The smallest absolute Gasteiger partial charge is 0.212 e. The van der Waals surface area contributed by atoms with Crippen molar-refractivity contribution in [1.82, 2.24) is 4.31 Å². The van der Waals surface area contributed by atoms with Gasteiger partial charge in [0.05, 0.1) is 5.75 Å². The van der Waals surface area contributed by atoms with Crippen LogP contribution < -0.4 is 0 Å². The molecule has 14 heavy (non-hydrogen) atoms. The second-order valence-electron chi connectivity index (χ2n) is 4.07. The van der Waals surface area contributed by atoms with Crippen molar-refractivity contribution in [2.45, 2.75) is 33.7 Å². The van der Waals surface area contributed by atoms with Gasteiger partial charge < -0.3 is 0 Å². The topological polar surface area (TPSA) is 37.4 Å². The van der Waals surface area contributed by atoms with Crippen LogP contribution in [0.2, 0.25) is 0 Å². The first kappa shape index (κ1) is 14.4. The molecule has 0 heterocycles. The third-order valence-corrected chi connectivity index (χ3v) is 4.54. The van der Waals surface area contributed by atoms with E-state index in [-0.39, 0.29) is 17.7 Å². The van der Waals surface area contributed by atoms with Crippen LogP contribution in [0.4, 0.5) is 0 Å². The predicted octanol–water partition coefficient (Wildman–Crippen LogP) is 2.08. The molecular formula is C9H20BrNO2S. The van der Waals surface area contributed by atoms with Gasteiger partial charge in [-0.2, -0.15) is 4.31 Å². The zero-order valence-electron chi connectivity index (χ0n) is 9.33. The van der Waals surface area contributed by atoms with Gasteiger partial charge >= 0.3 is 0 Å². The minimum atomic E-state index is -3.08. The minimum absolute atomic E-state index is 0.0382. The van der Waals surface area contributed by atoms with E-state index in [1.807, 2.05) is 27.7 Å². The lowest BCUT2D eigenvalue weighted by Crippen LogP contribution is -2.40. The van der Waals surface area contributed by atoms with E-state index < -0.39 is 10.0 Å². The van der Waals surface area contributed by atoms with Gasteiger partial charge in [-0.25, -0.2) is 8.42 Å². The van der Waals surface area contributed by atoms with Crippen molar-refractivity contribution in [3.05, 3.63) is 0 Å². The van der Waals surface area contributed by atoms with Crippen molar-refractivity contribution in [2.75, 3.05) is 17.6 Å². The molecular weight excluding hydrogens is 266 g/mol. The molecule has 0 fully saturated rings. The van der Waals surface area contributed by atoms with Gasteiger partial charge in [0.25, 0.3) is 0 Å². The lowest BCUT2D eigenvalue weighted by Gasteiger charge is -2.25. The molecule has 3 nitrogen and oxygen atoms in total. The molecule has 0 aliphatic rings. The molecule has 0 aromatic heterocycles. The zero-order chi connectivity index (χ0) is 11.4. The Kier molecular flexibility index (Phi) is 6.25. The van der Waals surface area contributed by atoms with Crippen LogP contribution in [0.5, 0.6) is 0 Å². The Morgan fingerprint density at radius 3 is 2.00 bits per heavy atom. The first-order valence-corrected chi connectivity index (χ1v) is 7.59. The van der Waals surface area contributed by atoms with Gasteiger partial charge in [0.15, 0.2) is 0 Å². The van der Waals surface area contributed by atoms with E-state index >= 15 is 0 Å². The van der Waals surface area contributed by atoms with E-state index in [9.17, 15) is 8.42 Å². The van der Waals surface area contributed by atoms with Crippen molar-refractivity contribution in [3.8, 4) is 0 Å². The summed E-state index contributed by atoms with van der Waals surface area (Å²) in [5, 5.41) is 0.683. The fourth-order valence-electron chi connectivity index (χ4n) is 1.32. The first-order valence-electron chi connectivity index (χ1n) is 4.86. The van der Waals surface area contributed by atoms with E-state index in [1.165, 1.54) is 0 Å². The minimum Gasteiger partial charge on any atom is -0.212 e. The Morgan fingerprint density at radius 2 is 1.71 bits per heavy atom. The lowest BCUT2D eigenvalue weighted by atomic mass is 10.3. The monoisotopic (exact) mass is 285 g/mol. The molecule has 86 valence electrons. The molecule has 0 radical (unpaired) electrons. The molecule has 0 aromatic rings. The number of sulfonamides is 1. The van der Waals surface area contributed by atoms with Crippen molar-refractivity contribution in [1.29, 1.82) is 0 Å². The Morgan fingerprint density at radius 1 is 1.21 bits per heavy atom. The summed E-state index contributed by atoms with van der Waals surface area (Å²) in [5.41, 5.74) is 0. The third kappa shape index (κ3) is 4.75. The molecule has 0 aliphatic heterocycles. The highest BCUT2D eigenvalue weighted by Crippen LogP contribution is 2.11. The molecule has 0 amide bonds. The number of hydrogen-bond acceptors (Lipinski definition) is 2. The fraction of sp³-hybridized carbons (Fsp3) is 1.00. The average molecular weight is 286 g/mol. The Bertz CT molecular complexity index is 250. The standard InChI is InChI=1S/C9H20BrNO2S/c1-8(2)7-14(12,13)11(6-5-10)9(3)4/h8-9H,5-7H2,1-4H3. The van der Waals surface area contributed by atoms with Crippen molar-refractivity contribution >= 4 is 26.0 Å². The maximum Gasteiger partial charge on any atom is 0.214 e. The van der Waals surface area contributed by atoms with Crippen LogP contribution in [-0.2, 0) is 10.0 Å². The van der Waals surface area contributed by atoms with E-state index in [0.29, 0.717) is 11.9 Å². The second-order valence-corrected chi connectivity index (χ2v) is 6.83. The highest BCUT2D eigenvalue weighted by atomic mass is 79.9. The molecule has 0 saturated heterocycles. The van der Waals surface area contributed by atoms with Crippen LogP contribution in [0.3, 0.4) is 0 Å². The number of alkyl halides is 1. The summed E-state index contributed by atoms with van der Waals surface area (Å²) in [5.74, 6) is 0.412. The van der Waals surface area contributed by atoms with Crippen LogP contribution in [0, 0.1) is 5.92 Å². The molecule has 0 unspecified atom stereocenters. The Hall–Kier alpha value is 0.390. The highest BCUT2D eigenvalue weighted by molar-refractivity contribution is 9.09. The number of halogens is 1. The Balaban J connectivity index is 4.63. The summed E-state index contributed by atoms with van der Waals surface area (Å²) in [4.78, 5) is 0. The molecule has 0 aliphatic carbocycles. The van der Waals surface area contributed by atoms with Gasteiger partial charge in [-0.15, -0.1) is 0 Å². The van der Waals surface area contributed by atoms with Gasteiger partial charge in [-0.1, -0.05) is 29.8 Å². The SMILES string of the molecule is CC(C)CS(=O)(=O)N(CCBr)C(C)C. The first-order chi connectivity index (χ1) is 6.31. The summed E-state index contributed by atoms with van der Waals surface area (Å²) < 4.78 is 25.3. The zero-order valence-corrected chi connectivity index (χ0v) is 11.7. The van der Waals surface area contributed by atoms with Crippen molar-refractivity contribution in [3.63, 3.8) is 0 Å². The van der Waals surface area contributed by atoms with Crippen molar-refractivity contribution in [2.24, 2.45) is 5.92 Å². The predicted molar refractivity (Wildman–Crippen MR) is 64.3 cm³/mol. The normalized spacial score (nSPS) is 13.1. The number of hydrogen-bond donors (Lipinski definition) is 0. The molecule has 0 N–H and O–H groups in total. The summed E-state index contributed by atoms with van der Waals surface area (Å²) in [6, 6.07) is 0.0382. The maximum absolute atomic E-state index is 11.9. The van der Waals surface area contributed by atoms with E-state index in [2.05, 4.69) is 15.9 Å². The molecule has 0 rings (SSSR count).